The van der Waals surface area contributed by atoms with Gasteiger partial charge in [-0.05, 0) is 48.4 Å². The van der Waals surface area contributed by atoms with Gasteiger partial charge in [-0.3, -0.25) is 9.69 Å². The summed E-state index contributed by atoms with van der Waals surface area (Å²) in [6.45, 7) is 0.879. The molecule has 0 atom stereocenters. The van der Waals surface area contributed by atoms with E-state index in [2.05, 4.69) is 5.32 Å². The van der Waals surface area contributed by atoms with Crippen LogP contribution in [0.5, 0.6) is 11.5 Å². The summed E-state index contributed by atoms with van der Waals surface area (Å²) in [5.74, 6) is 1.32. The van der Waals surface area contributed by atoms with Crippen LogP contribution in [0.15, 0.2) is 42.5 Å². The number of hydrogen-bond donors (Lipinski definition) is 1. The normalized spacial score (nSPS) is 13.3. The number of amides is 2. The predicted octanol–water partition coefficient (Wildman–Crippen LogP) is 3.23. The number of carbonyl (C=O) groups excluding carboxylic acids is 2. The summed E-state index contributed by atoms with van der Waals surface area (Å²) in [5, 5.41) is 2.87. The van der Waals surface area contributed by atoms with Gasteiger partial charge in [0.05, 0.1) is 20.8 Å². The van der Waals surface area contributed by atoms with E-state index in [1.165, 1.54) is 4.90 Å². The molecule has 0 aliphatic carbocycles. The number of methoxy groups -OCH3 is 2. The molecule has 0 aromatic heterocycles. The molecule has 0 spiro atoms. The van der Waals surface area contributed by atoms with Crippen LogP contribution < -0.4 is 19.7 Å². The van der Waals surface area contributed by atoms with Crippen molar-refractivity contribution >= 4 is 23.4 Å². The average Bonchev–Trinajstić information content (AvgIpc) is 3.12. The summed E-state index contributed by atoms with van der Waals surface area (Å²) >= 11 is 0. The van der Waals surface area contributed by atoms with Crippen LogP contribution in [0, 0.1) is 0 Å². The zero-order chi connectivity index (χ0) is 19.2. The summed E-state index contributed by atoms with van der Waals surface area (Å²) in [4.78, 5) is 25.6. The van der Waals surface area contributed by atoms with Gasteiger partial charge in [0.15, 0.2) is 0 Å². The standard InChI is InChI=1S/C20H22N2O5/c1-25-17-7-8-18(26-2)14(12-17)6-9-19(23)21-15-4-3-5-16(13-15)22-10-11-27-20(22)24/h3-5,7-8,12-13H,6,9-11H2,1-2H3,(H,21,23). The molecule has 0 unspecified atom stereocenters. The Kier molecular flexibility index (Phi) is 5.80. The van der Waals surface area contributed by atoms with Crippen LogP contribution >= 0.6 is 0 Å². The van der Waals surface area contributed by atoms with Crippen molar-refractivity contribution in [2.45, 2.75) is 12.8 Å². The van der Waals surface area contributed by atoms with Gasteiger partial charge in [0.25, 0.3) is 0 Å². The summed E-state index contributed by atoms with van der Waals surface area (Å²) in [5.41, 5.74) is 2.24. The molecule has 0 radical (unpaired) electrons. The maximum absolute atomic E-state index is 12.3. The molecule has 142 valence electrons. The number of rotatable bonds is 7. The number of hydrogen-bond acceptors (Lipinski definition) is 5. The van der Waals surface area contributed by atoms with E-state index in [0.29, 0.717) is 37.4 Å². The van der Waals surface area contributed by atoms with Gasteiger partial charge in [0.2, 0.25) is 5.91 Å². The first-order chi connectivity index (χ1) is 13.1. The molecule has 27 heavy (non-hydrogen) atoms. The van der Waals surface area contributed by atoms with Crippen molar-refractivity contribution in [2.24, 2.45) is 0 Å². The fourth-order valence-corrected chi connectivity index (χ4v) is 2.93. The number of aryl methyl sites for hydroxylation is 1. The molecule has 1 heterocycles. The zero-order valence-corrected chi connectivity index (χ0v) is 15.4. The number of nitrogens with zero attached hydrogens (tertiary/aromatic N) is 1. The second kappa shape index (κ2) is 8.44. The number of carbonyl (C=O) groups is 2. The van der Waals surface area contributed by atoms with E-state index in [-0.39, 0.29) is 12.0 Å². The van der Waals surface area contributed by atoms with E-state index in [1.807, 2.05) is 24.3 Å². The summed E-state index contributed by atoms with van der Waals surface area (Å²) in [6, 6.07) is 12.7. The molecular formula is C20H22N2O5. The average molecular weight is 370 g/mol. The third kappa shape index (κ3) is 4.49. The van der Waals surface area contributed by atoms with Crippen LogP contribution in [0.3, 0.4) is 0 Å². The number of benzene rings is 2. The Labute approximate surface area is 157 Å². The minimum absolute atomic E-state index is 0.124. The van der Waals surface area contributed by atoms with Gasteiger partial charge >= 0.3 is 6.09 Å². The molecule has 7 heteroatoms. The van der Waals surface area contributed by atoms with Crippen molar-refractivity contribution in [3.63, 3.8) is 0 Å². The Balaban J connectivity index is 1.62. The molecule has 2 aromatic rings. The zero-order valence-electron chi connectivity index (χ0n) is 15.4. The van der Waals surface area contributed by atoms with Crippen LogP contribution in [0.25, 0.3) is 0 Å². The highest BCUT2D eigenvalue weighted by Crippen LogP contribution is 2.26. The van der Waals surface area contributed by atoms with E-state index in [9.17, 15) is 9.59 Å². The van der Waals surface area contributed by atoms with Gasteiger partial charge in [-0.15, -0.1) is 0 Å². The second-order valence-electron chi connectivity index (χ2n) is 6.04. The third-order valence-electron chi connectivity index (χ3n) is 4.31. The van der Waals surface area contributed by atoms with Crippen LogP contribution in [-0.2, 0) is 16.0 Å². The minimum atomic E-state index is -0.372. The molecule has 2 aromatic carbocycles. The van der Waals surface area contributed by atoms with Crippen molar-refractivity contribution in [1.29, 1.82) is 0 Å². The Morgan fingerprint density at radius 3 is 2.74 bits per heavy atom. The molecule has 3 rings (SSSR count). The first-order valence-corrected chi connectivity index (χ1v) is 8.66. The molecule has 1 fully saturated rings. The lowest BCUT2D eigenvalue weighted by atomic mass is 10.1. The van der Waals surface area contributed by atoms with Gasteiger partial charge < -0.3 is 19.5 Å². The molecule has 1 saturated heterocycles. The van der Waals surface area contributed by atoms with Gasteiger partial charge in [-0.25, -0.2) is 4.79 Å². The maximum Gasteiger partial charge on any atom is 0.414 e. The van der Waals surface area contributed by atoms with Gasteiger partial charge in [0, 0.05) is 17.8 Å². The lowest BCUT2D eigenvalue weighted by Gasteiger charge is -2.14. The smallest absolute Gasteiger partial charge is 0.414 e. The minimum Gasteiger partial charge on any atom is -0.497 e. The fraction of sp³-hybridized carbons (Fsp3) is 0.300. The molecule has 0 bridgehead atoms. The largest absolute Gasteiger partial charge is 0.497 e. The van der Waals surface area contributed by atoms with Crippen molar-refractivity contribution in [3.8, 4) is 11.5 Å². The fourth-order valence-electron chi connectivity index (χ4n) is 2.93. The highest BCUT2D eigenvalue weighted by atomic mass is 16.6. The van der Waals surface area contributed by atoms with E-state index < -0.39 is 0 Å². The number of ether oxygens (including phenoxy) is 3. The Hall–Kier alpha value is -3.22. The Morgan fingerprint density at radius 1 is 1.19 bits per heavy atom. The molecule has 1 aliphatic rings. The van der Waals surface area contributed by atoms with E-state index in [0.717, 1.165) is 17.1 Å². The summed E-state index contributed by atoms with van der Waals surface area (Å²) in [6.07, 6.45) is 0.438. The molecule has 1 N–H and O–H groups in total. The van der Waals surface area contributed by atoms with Gasteiger partial charge in [0.1, 0.15) is 18.1 Å². The van der Waals surface area contributed by atoms with Crippen LogP contribution in [0.2, 0.25) is 0 Å². The highest BCUT2D eigenvalue weighted by Gasteiger charge is 2.23. The molecule has 1 aliphatic heterocycles. The SMILES string of the molecule is COc1ccc(OC)c(CCC(=O)Nc2cccc(N3CCOC3=O)c2)c1. The molecule has 0 saturated carbocycles. The molecule has 7 nitrogen and oxygen atoms in total. The van der Waals surface area contributed by atoms with E-state index in [1.54, 1.807) is 32.4 Å². The van der Waals surface area contributed by atoms with Crippen LogP contribution in [-0.4, -0.2) is 39.4 Å². The van der Waals surface area contributed by atoms with Gasteiger partial charge in [-0.2, -0.15) is 0 Å². The van der Waals surface area contributed by atoms with Crippen LogP contribution in [0.4, 0.5) is 16.2 Å². The maximum atomic E-state index is 12.3. The summed E-state index contributed by atoms with van der Waals surface area (Å²) < 4.78 is 15.5. The lowest BCUT2D eigenvalue weighted by molar-refractivity contribution is -0.116. The summed E-state index contributed by atoms with van der Waals surface area (Å²) in [7, 11) is 3.20. The predicted molar refractivity (Wildman–Crippen MR) is 102 cm³/mol. The first-order valence-electron chi connectivity index (χ1n) is 8.66. The quantitative estimate of drug-likeness (QED) is 0.810. The van der Waals surface area contributed by atoms with Crippen molar-refractivity contribution in [1.82, 2.24) is 0 Å². The second-order valence-corrected chi connectivity index (χ2v) is 6.04. The number of cyclic esters (lactones) is 1. The Bertz CT molecular complexity index is 837. The molecular weight excluding hydrogens is 348 g/mol. The number of nitrogens with one attached hydrogen (secondary N) is 1. The highest BCUT2D eigenvalue weighted by molar-refractivity contribution is 5.93. The first kappa shape index (κ1) is 18.6. The lowest BCUT2D eigenvalue weighted by Crippen LogP contribution is -2.23. The Morgan fingerprint density at radius 2 is 2.04 bits per heavy atom. The van der Waals surface area contributed by atoms with Crippen molar-refractivity contribution < 1.29 is 23.8 Å². The number of anilines is 2. The van der Waals surface area contributed by atoms with Crippen molar-refractivity contribution in [3.05, 3.63) is 48.0 Å². The monoisotopic (exact) mass is 370 g/mol. The van der Waals surface area contributed by atoms with E-state index in [4.69, 9.17) is 14.2 Å². The molecule has 2 amide bonds. The van der Waals surface area contributed by atoms with Crippen molar-refractivity contribution in [2.75, 3.05) is 37.6 Å². The van der Waals surface area contributed by atoms with Gasteiger partial charge in [-0.1, -0.05) is 6.07 Å². The topological polar surface area (TPSA) is 77.1 Å². The third-order valence-corrected chi connectivity index (χ3v) is 4.31. The van der Waals surface area contributed by atoms with E-state index >= 15 is 0 Å². The van der Waals surface area contributed by atoms with Crippen LogP contribution in [0.1, 0.15) is 12.0 Å².